The highest BCUT2D eigenvalue weighted by Crippen LogP contribution is 2.24. The van der Waals surface area contributed by atoms with Crippen molar-refractivity contribution in [2.45, 2.75) is 25.2 Å². The zero-order valence-corrected chi connectivity index (χ0v) is 16.2. The maximum absolute atomic E-state index is 12.6. The van der Waals surface area contributed by atoms with Gasteiger partial charge >= 0.3 is 0 Å². The van der Waals surface area contributed by atoms with Crippen LogP contribution in [0.3, 0.4) is 0 Å². The lowest BCUT2D eigenvalue weighted by atomic mass is 10.0. The van der Waals surface area contributed by atoms with E-state index in [4.69, 9.17) is 27.4 Å². The normalized spacial score (nSPS) is 11.7. The predicted molar refractivity (Wildman–Crippen MR) is 98.9 cm³/mol. The summed E-state index contributed by atoms with van der Waals surface area (Å²) in [5.74, 6) is -0.0835. The Morgan fingerprint density at radius 1 is 1.12 bits per heavy atom. The second-order valence-corrected chi connectivity index (χ2v) is 8.40. The first-order valence-electron chi connectivity index (χ1n) is 7.70. The van der Waals surface area contributed by atoms with E-state index in [1.807, 2.05) is 13.8 Å². The van der Waals surface area contributed by atoms with Crippen LogP contribution in [-0.4, -0.2) is 20.8 Å². The number of carbonyl (C=O) groups is 1. The molecule has 0 saturated carbocycles. The van der Waals surface area contributed by atoms with Crippen molar-refractivity contribution in [3.63, 3.8) is 0 Å². The van der Waals surface area contributed by atoms with Crippen molar-refractivity contribution in [2.75, 3.05) is 6.61 Å². The Labute approximate surface area is 157 Å². The molecule has 0 bridgehead atoms. The molecule has 25 heavy (non-hydrogen) atoms. The molecule has 0 aliphatic rings. The Morgan fingerprint density at radius 2 is 1.84 bits per heavy atom. The lowest BCUT2D eigenvalue weighted by molar-refractivity contribution is 0.103. The summed E-state index contributed by atoms with van der Waals surface area (Å²) < 4.78 is 29.6. The van der Waals surface area contributed by atoms with Crippen molar-refractivity contribution in [3.8, 4) is 0 Å². The molecule has 0 unspecified atom stereocenters. The molecule has 0 N–H and O–H groups in total. The minimum atomic E-state index is -3.92. The summed E-state index contributed by atoms with van der Waals surface area (Å²) in [7, 11) is -3.92. The van der Waals surface area contributed by atoms with E-state index in [1.165, 1.54) is 36.4 Å². The second-order valence-electron chi connectivity index (χ2n) is 5.94. The molecular weight excluding hydrogens is 383 g/mol. The Morgan fingerprint density at radius 3 is 2.52 bits per heavy atom. The highest BCUT2D eigenvalue weighted by atomic mass is 35.5. The molecule has 0 amide bonds. The van der Waals surface area contributed by atoms with Crippen molar-refractivity contribution < 1.29 is 17.4 Å². The number of hydrogen-bond acceptors (Lipinski definition) is 4. The molecule has 2 aromatic carbocycles. The molecule has 0 spiro atoms. The molecule has 0 saturated heterocycles. The van der Waals surface area contributed by atoms with Gasteiger partial charge < -0.3 is 0 Å². The van der Waals surface area contributed by atoms with E-state index >= 15 is 0 Å². The van der Waals surface area contributed by atoms with E-state index in [0.29, 0.717) is 17.4 Å². The van der Waals surface area contributed by atoms with Crippen LogP contribution in [0.5, 0.6) is 0 Å². The van der Waals surface area contributed by atoms with Gasteiger partial charge in [0.15, 0.2) is 5.78 Å². The van der Waals surface area contributed by atoms with Crippen LogP contribution in [0, 0.1) is 5.92 Å². The van der Waals surface area contributed by atoms with Gasteiger partial charge in [-0.25, -0.2) is 0 Å². The Kier molecular flexibility index (Phi) is 6.63. The monoisotopic (exact) mass is 400 g/mol. The molecule has 0 heterocycles. The third-order valence-corrected chi connectivity index (χ3v) is 5.36. The quantitative estimate of drug-likeness (QED) is 0.485. The minimum absolute atomic E-state index is 0.0692. The number of hydrogen-bond donors (Lipinski definition) is 0. The van der Waals surface area contributed by atoms with Crippen molar-refractivity contribution >= 4 is 39.1 Å². The molecule has 4 nitrogen and oxygen atoms in total. The molecule has 134 valence electrons. The zero-order chi connectivity index (χ0) is 18.6. The van der Waals surface area contributed by atoms with E-state index in [1.54, 1.807) is 6.07 Å². The minimum Gasteiger partial charge on any atom is -0.289 e. The van der Waals surface area contributed by atoms with Crippen LogP contribution in [0.25, 0.3) is 0 Å². The summed E-state index contributed by atoms with van der Waals surface area (Å²) in [4.78, 5) is 12.6. The number of halogens is 2. The van der Waals surface area contributed by atoms with E-state index in [-0.39, 0.29) is 27.7 Å². The average Bonchev–Trinajstić information content (AvgIpc) is 2.56. The van der Waals surface area contributed by atoms with Crippen LogP contribution in [0.1, 0.15) is 36.2 Å². The highest BCUT2D eigenvalue weighted by molar-refractivity contribution is 7.86. The average molecular weight is 401 g/mol. The summed E-state index contributed by atoms with van der Waals surface area (Å²) in [6.07, 6.45) is 0.621. The summed E-state index contributed by atoms with van der Waals surface area (Å²) in [6.45, 7) is 4.05. The maximum Gasteiger partial charge on any atom is 0.296 e. The third kappa shape index (κ3) is 5.28. The van der Waals surface area contributed by atoms with Gasteiger partial charge in [-0.2, -0.15) is 8.42 Å². The SMILES string of the molecule is CC(C)CCOS(=O)(=O)c1cccc(C(=O)c2cc(Cl)ccc2Cl)c1. The third-order valence-electron chi connectivity index (χ3n) is 3.49. The maximum atomic E-state index is 12.6. The van der Waals surface area contributed by atoms with Gasteiger partial charge in [0.1, 0.15) is 0 Å². The van der Waals surface area contributed by atoms with Crippen LogP contribution < -0.4 is 0 Å². The number of rotatable bonds is 7. The number of carbonyl (C=O) groups excluding carboxylic acids is 1. The Balaban J connectivity index is 2.29. The van der Waals surface area contributed by atoms with Crippen LogP contribution in [0.2, 0.25) is 10.0 Å². The van der Waals surface area contributed by atoms with Gasteiger partial charge in [-0.1, -0.05) is 49.2 Å². The van der Waals surface area contributed by atoms with Crippen molar-refractivity contribution in [1.29, 1.82) is 0 Å². The van der Waals surface area contributed by atoms with Crippen LogP contribution >= 0.6 is 23.2 Å². The van der Waals surface area contributed by atoms with Crippen molar-refractivity contribution in [3.05, 3.63) is 63.6 Å². The van der Waals surface area contributed by atoms with E-state index < -0.39 is 15.9 Å². The predicted octanol–water partition coefficient (Wildman–Crippen LogP) is 4.98. The summed E-state index contributed by atoms with van der Waals surface area (Å²) in [6, 6.07) is 10.2. The first kappa shape index (κ1) is 19.9. The molecule has 0 aromatic heterocycles. The van der Waals surface area contributed by atoms with Crippen LogP contribution in [0.4, 0.5) is 0 Å². The van der Waals surface area contributed by atoms with Crippen LogP contribution in [-0.2, 0) is 14.3 Å². The fourth-order valence-electron chi connectivity index (χ4n) is 2.08. The number of ketones is 1. The molecule has 0 radical (unpaired) electrons. The van der Waals surface area contributed by atoms with Gasteiger partial charge in [-0.05, 0) is 42.7 Å². The van der Waals surface area contributed by atoms with E-state index in [2.05, 4.69) is 0 Å². The second kappa shape index (κ2) is 8.32. The Hall–Kier alpha value is -1.40. The van der Waals surface area contributed by atoms with Gasteiger partial charge in [0.25, 0.3) is 10.1 Å². The lowest BCUT2D eigenvalue weighted by Crippen LogP contribution is -2.10. The highest BCUT2D eigenvalue weighted by Gasteiger charge is 2.19. The molecule has 0 atom stereocenters. The van der Waals surface area contributed by atoms with Crippen molar-refractivity contribution in [2.24, 2.45) is 5.92 Å². The lowest BCUT2D eigenvalue weighted by Gasteiger charge is -2.09. The summed E-state index contributed by atoms with van der Waals surface area (Å²) in [5, 5.41) is 0.615. The topological polar surface area (TPSA) is 60.4 Å². The smallest absolute Gasteiger partial charge is 0.289 e. The Bertz CT molecular complexity index is 876. The van der Waals surface area contributed by atoms with Gasteiger partial charge in [0.2, 0.25) is 0 Å². The summed E-state index contributed by atoms with van der Waals surface area (Å²) in [5.41, 5.74) is 0.405. The van der Waals surface area contributed by atoms with Gasteiger partial charge in [0.05, 0.1) is 16.5 Å². The van der Waals surface area contributed by atoms with E-state index in [0.717, 1.165) is 0 Å². The molecule has 0 aliphatic heterocycles. The van der Waals surface area contributed by atoms with E-state index in [9.17, 15) is 13.2 Å². The first-order valence-corrected chi connectivity index (χ1v) is 9.86. The molecule has 7 heteroatoms. The molecule has 2 aromatic rings. The first-order chi connectivity index (χ1) is 11.7. The van der Waals surface area contributed by atoms with Gasteiger partial charge in [0, 0.05) is 16.1 Å². The molecular formula is C18H18Cl2O4S. The molecule has 0 fully saturated rings. The molecule has 2 rings (SSSR count). The summed E-state index contributed by atoms with van der Waals surface area (Å²) >= 11 is 12.0. The fourth-order valence-corrected chi connectivity index (χ4v) is 3.43. The largest absolute Gasteiger partial charge is 0.296 e. The van der Waals surface area contributed by atoms with Crippen LogP contribution in [0.15, 0.2) is 47.4 Å². The zero-order valence-electron chi connectivity index (χ0n) is 13.8. The fraction of sp³-hybridized carbons (Fsp3) is 0.278. The standard InChI is InChI=1S/C18H18Cl2O4S/c1-12(2)8-9-24-25(22,23)15-5-3-4-13(10-15)18(21)16-11-14(19)6-7-17(16)20/h3-7,10-12H,8-9H2,1-2H3. The molecule has 0 aliphatic carbocycles. The van der Waals surface area contributed by atoms with Gasteiger partial charge in [-0.3, -0.25) is 8.98 Å². The van der Waals surface area contributed by atoms with Crippen molar-refractivity contribution in [1.82, 2.24) is 0 Å². The van der Waals surface area contributed by atoms with Gasteiger partial charge in [-0.15, -0.1) is 0 Å². The number of benzene rings is 2.